The molecule has 15 heavy (non-hydrogen) atoms. The molecule has 0 aliphatic heterocycles. The lowest BCUT2D eigenvalue weighted by Crippen LogP contribution is -2.21. The summed E-state index contributed by atoms with van der Waals surface area (Å²) in [5.74, 6) is 0.257. The number of hydrogen-bond acceptors (Lipinski definition) is 2. The molecule has 2 rings (SSSR count). The van der Waals surface area contributed by atoms with Crippen LogP contribution in [0.25, 0.3) is 10.9 Å². The third kappa shape index (κ3) is 1.97. The van der Waals surface area contributed by atoms with Crippen molar-refractivity contribution in [1.82, 2.24) is 4.98 Å². The van der Waals surface area contributed by atoms with Crippen molar-refractivity contribution in [2.75, 3.05) is 0 Å². The molecule has 0 amide bonds. The highest BCUT2D eigenvalue weighted by molar-refractivity contribution is 5.89. The number of rotatable bonds is 2. The standard InChI is InChI=1S/C12H15NO2/c1-12(2,15)6-8-7-13-9-4-3-5-10(14)11(8)9/h3-5,7,13-15H,6H2,1-2H3. The number of aliphatic hydroxyl groups is 1. The van der Waals surface area contributed by atoms with E-state index < -0.39 is 5.60 Å². The number of H-pyrrole nitrogens is 1. The second-order valence-electron chi connectivity index (χ2n) is 4.50. The molecular weight excluding hydrogens is 190 g/mol. The van der Waals surface area contributed by atoms with Gasteiger partial charge in [-0.05, 0) is 31.5 Å². The molecule has 3 nitrogen and oxygen atoms in total. The minimum atomic E-state index is -0.766. The number of hydrogen-bond donors (Lipinski definition) is 3. The van der Waals surface area contributed by atoms with Crippen LogP contribution < -0.4 is 0 Å². The molecule has 0 fully saturated rings. The summed E-state index contributed by atoms with van der Waals surface area (Å²) in [6.07, 6.45) is 2.35. The smallest absolute Gasteiger partial charge is 0.125 e. The average Bonchev–Trinajstić information content (AvgIpc) is 2.47. The number of fused-ring (bicyclic) bond motifs is 1. The van der Waals surface area contributed by atoms with E-state index in [1.165, 1.54) is 0 Å². The minimum Gasteiger partial charge on any atom is -0.507 e. The van der Waals surface area contributed by atoms with Crippen LogP contribution in [0.1, 0.15) is 19.4 Å². The Hall–Kier alpha value is -1.48. The summed E-state index contributed by atoms with van der Waals surface area (Å²) in [4.78, 5) is 3.08. The molecule has 80 valence electrons. The van der Waals surface area contributed by atoms with Gasteiger partial charge in [-0.2, -0.15) is 0 Å². The van der Waals surface area contributed by atoms with Crippen LogP contribution in [0.3, 0.4) is 0 Å². The number of phenols is 1. The van der Waals surface area contributed by atoms with E-state index in [9.17, 15) is 10.2 Å². The molecule has 0 saturated heterocycles. The van der Waals surface area contributed by atoms with Gasteiger partial charge in [-0.1, -0.05) is 6.07 Å². The monoisotopic (exact) mass is 205 g/mol. The third-order valence-corrected chi connectivity index (χ3v) is 2.39. The number of aromatic nitrogens is 1. The van der Waals surface area contributed by atoms with Gasteiger partial charge in [0.05, 0.1) is 5.60 Å². The van der Waals surface area contributed by atoms with E-state index in [0.717, 1.165) is 16.5 Å². The Bertz CT molecular complexity index is 480. The van der Waals surface area contributed by atoms with Crippen LogP contribution in [0.4, 0.5) is 0 Å². The second-order valence-corrected chi connectivity index (χ2v) is 4.50. The van der Waals surface area contributed by atoms with Gasteiger partial charge >= 0.3 is 0 Å². The van der Waals surface area contributed by atoms with Crippen LogP contribution in [-0.4, -0.2) is 20.8 Å². The Morgan fingerprint density at radius 1 is 1.33 bits per heavy atom. The summed E-state index contributed by atoms with van der Waals surface area (Å²) in [6.45, 7) is 3.51. The van der Waals surface area contributed by atoms with E-state index in [0.29, 0.717) is 6.42 Å². The van der Waals surface area contributed by atoms with Crippen LogP contribution in [0.2, 0.25) is 0 Å². The van der Waals surface area contributed by atoms with Crippen molar-refractivity contribution in [3.8, 4) is 5.75 Å². The van der Waals surface area contributed by atoms with Crippen molar-refractivity contribution in [3.05, 3.63) is 30.0 Å². The lowest BCUT2D eigenvalue weighted by atomic mass is 9.98. The van der Waals surface area contributed by atoms with Crippen molar-refractivity contribution in [2.45, 2.75) is 25.9 Å². The Morgan fingerprint density at radius 3 is 2.73 bits per heavy atom. The van der Waals surface area contributed by atoms with Crippen LogP contribution >= 0.6 is 0 Å². The zero-order chi connectivity index (χ0) is 11.1. The van der Waals surface area contributed by atoms with E-state index in [-0.39, 0.29) is 5.75 Å². The summed E-state index contributed by atoms with van der Waals surface area (Å²) >= 11 is 0. The van der Waals surface area contributed by atoms with Crippen LogP contribution in [0.15, 0.2) is 24.4 Å². The Morgan fingerprint density at radius 2 is 2.07 bits per heavy atom. The number of aromatic hydroxyl groups is 1. The van der Waals surface area contributed by atoms with Gasteiger partial charge in [-0.15, -0.1) is 0 Å². The first-order chi connectivity index (χ1) is 6.97. The molecule has 2 aromatic rings. The maximum atomic E-state index is 9.74. The van der Waals surface area contributed by atoms with Gasteiger partial charge in [0, 0.05) is 23.5 Å². The lowest BCUT2D eigenvalue weighted by Gasteiger charge is -2.16. The topological polar surface area (TPSA) is 56.2 Å². The normalized spacial score (nSPS) is 12.2. The SMILES string of the molecule is CC(C)(O)Cc1c[nH]c2cccc(O)c12. The predicted octanol–water partition coefficient (Wildman–Crippen LogP) is 2.19. The molecule has 1 aromatic carbocycles. The fourth-order valence-electron chi connectivity index (χ4n) is 1.84. The van der Waals surface area contributed by atoms with Crippen molar-refractivity contribution >= 4 is 10.9 Å². The van der Waals surface area contributed by atoms with Crippen LogP contribution in [-0.2, 0) is 6.42 Å². The number of nitrogens with one attached hydrogen (secondary N) is 1. The minimum absolute atomic E-state index is 0.257. The van der Waals surface area contributed by atoms with Gasteiger partial charge in [-0.25, -0.2) is 0 Å². The fourth-order valence-corrected chi connectivity index (χ4v) is 1.84. The van der Waals surface area contributed by atoms with Gasteiger partial charge in [0.1, 0.15) is 5.75 Å². The van der Waals surface area contributed by atoms with Gasteiger partial charge in [0.15, 0.2) is 0 Å². The van der Waals surface area contributed by atoms with Crippen molar-refractivity contribution in [2.24, 2.45) is 0 Å². The highest BCUT2D eigenvalue weighted by Crippen LogP contribution is 2.29. The van der Waals surface area contributed by atoms with Crippen molar-refractivity contribution in [3.63, 3.8) is 0 Å². The lowest BCUT2D eigenvalue weighted by molar-refractivity contribution is 0.0813. The molecule has 1 heterocycles. The molecular formula is C12H15NO2. The number of aromatic amines is 1. The summed E-state index contributed by atoms with van der Waals surface area (Å²) < 4.78 is 0. The first kappa shape index (κ1) is 10.1. The van der Waals surface area contributed by atoms with E-state index in [4.69, 9.17) is 0 Å². The third-order valence-electron chi connectivity index (χ3n) is 2.39. The largest absolute Gasteiger partial charge is 0.507 e. The second kappa shape index (κ2) is 3.28. The molecule has 0 radical (unpaired) electrons. The van der Waals surface area contributed by atoms with Crippen molar-refractivity contribution < 1.29 is 10.2 Å². The Labute approximate surface area is 88.4 Å². The molecule has 0 spiro atoms. The highest BCUT2D eigenvalue weighted by atomic mass is 16.3. The summed E-state index contributed by atoms with van der Waals surface area (Å²) in [5.41, 5.74) is 1.07. The fraction of sp³-hybridized carbons (Fsp3) is 0.333. The average molecular weight is 205 g/mol. The van der Waals surface area contributed by atoms with Gasteiger partial charge < -0.3 is 15.2 Å². The maximum absolute atomic E-state index is 9.74. The molecule has 0 unspecified atom stereocenters. The van der Waals surface area contributed by atoms with Crippen molar-refractivity contribution in [1.29, 1.82) is 0 Å². The summed E-state index contributed by atoms with van der Waals surface area (Å²) in [7, 11) is 0. The van der Waals surface area contributed by atoms with E-state index >= 15 is 0 Å². The quantitative estimate of drug-likeness (QED) is 0.703. The van der Waals surface area contributed by atoms with E-state index in [2.05, 4.69) is 4.98 Å². The van der Waals surface area contributed by atoms with Gasteiger partial charge in [0.2, 0.25) is 0 Å². The van der Waals surface area contributed by atoms with Crippen LogP contribution in [0.5, 0.6) is 5.75 Å². The molecule has 0 bridgehead atoms. The number of phenolic OH excluding ortho intramolecular Hbond substituents is 1. The molecule has 3 heteroatoms. The van der Waals surface area contributed by atoms with Gasteiger partial charge in [-0.3, -0.25) is 0 Å². The Kier molecular flexibility index (Phi) is 2.20. The summed E-state index contributed by atoms with van der Waals surface area (Å²) in [5, 5.41) is 20.3. The zero-order valence-electron chi connectivity index (χ0n) is 8.91. The molecule has 0 aliphatic rings. The zero-order valence-corrected chi connectivity index (χ0v) is 8.91. The summed E-state index contributed by atoms with van der Waals surface area (Å²) in [6, 6.07) is 5.36. The first-order valence-corrected chi connectivity index (χ1v) is 4.98. The maximum Gasteiger partial charge on any atom is 0.125 e. The molecule has 0 aliphatic carbocycles. The van der Waals surface area contributed by atoms with E-state index in [1.807, 2.05) is 12.3 Å². The molecule has 3 N–H and O–H groups in total. The van der Waals surface area contributed by atoms with Crippen LogP contribution in [0, 0.1) is 0 Å². The molecule has 1 aromatic heterocycles. The number of benzene rings is 1. The first-order valence-electron chi connectivity index (χ1n) is 4.98. The van der Waals surface area contributed by atoms with Gasteiger partial charge in [0.25, 0.3) is 0 Å². The molecule has 0 atom stereocenters. The highest BCUT2D eigenvalue weighted by Gasteiger charge is 2.17. The Balaban J connectivity index is 2.53. The predicted molar refractivity (Wildman–Crippen MR) is 60.0 cm³/mol. The molecule has 0 saturated carbocycles. The van der Waals surface area contributed by atoms with E-state index in [1.54, 1.807) is 26.0 Å².